The maximum absolute atomic E-state index is 13.3. The summed E-state index contributed by atoms with van der Waals surface area (Å²) in [6.07, 6.45) is 4.05. The van der Waals surface area contributed by atoms with Crippen molar-refractivity contribution < 1.29 is 17.9 Å². The normalized spacial score (nSPS) is 18.1. The number of hydrogen-bond acceptors (Lipinski definition) is 10. The van der Waals surface area contributed by atoms with Crippen molar-refractivity contribution in [2.24, 2.45) is 0 Å². The van der Waals surface area contributed by atoms with Gasteiger partial charge in [-0.1, -0.05) is 0 Å². The highest BCUT2D eigenvalue weighted by molar-refractivity contribution is 7.89. The lowest BCUT2D eigenvalue weighted by Gasteiger charge is -2.35. The first kappa shape index (κ1) is 23.9. The van der Waals surface area contributed by atoms with Gasteiger partial charge >= 0.3 is 0 Å². The van der Waals surface area contributed by atoms with Crippen LogP contribution in [0.2, 0.25) is 0 Å². The third kappa shape index (κ3) is 4.56. The molecule has 2 aliphatic rings. The van der Waals surface area contributed by atoms with Crippen LogP contribution in [0.25, 0.3) is 10.6 Å². The lowest BCUT2D eigenvalue weighted by atomic mass is 10.0. The molecule has 2 aliphatic heterocycles. The Morgan fingerprint density at radius 3 is 2.66 bits per heavy atom. The monoisotopic (exact) mass is 517 g/mol. The second kappa shape index (κ2) is 8.97. The minimum Gasteiger partial charge on any atom is -0.379 e. The number of anilines is 2. The Bertz CT molecular complexity index is 1360. The van der Waals surface area contributed by atoms with E-state index in [4.69, 9.17) is 4.74 Å². The van der Waals surface area contributed by atoms with Crippen LogP contribution in [0.3, 0.4) is 0 Å². The van der Waals surface area contributed by atoms with E-state index in [-0.39, 0.29) is 17.7 Å². The highest BCUT2D eigenvalue weighted by atomic mass is 32.2. The number of carbonyl (C=O) groups excluding carboxylic acids is 1. The number of nitrogens with one attached hydrogen (secondary N) is 1. The van der Waals surface area contributed by atoms with Gasteiger partial charge in [-0.05, 0) is 26.0 Å². The Morgan fingerprint density at radius 2 is 1.94 bits per heavy atom. The molecule has 1 fully saturated rings. The first-order chi connectivity index (χ1) is 16.6. The smallest absolute Gasteiger partial charge is 0.255 e. The number of rotatable bonds is 7. The zero-order valence-electron chi connectivity index (χ0n) is 19.8. The molecule has 0 radical (unpaired) electrons. The summed E-state index contributed by atoms with van der Waals surface area (Å²) >= 11 is 1.55. The van der Waals surface area contributed by atoms with E-state index in [2.05, 4.69) is 39.1 Å². The predicted molar refractivity (Wildman–Crippen MR) is 132 cm³/mol. The summed E-state index contributed by atoms with van der Waals surface area (Å²) in [4.78, 5) is 28.2. The number of ether oxygens (including phenoxy) is 1. The van der Waals surface area contributed by atoms with Gasteiger partial charge < -0.3 is 15.0 Å². The van der Waals surface area contributed by atoms with Crippen LogP contribution in [-0.2, 0) is 20.3 Å². The van der Waals surface area contributed by atoms with Crippen molar-refractivity contribution >= 4 is 39.0 Å². The molecular formula is C22H27N7O4S2. The van der Waals surface area contributed by atoms with Crippen molar-refractivity contribution in [1.29, 1.82) is 0 Å². The standard InChI is InChI=1S/C22H27N7O4S2/c1-22(2)19-15(20(30)28(22)9-8-27-10-12-33-13-11-27)14-17(34-19)16-4-6-23-21(25-16)26-18-5-7-24-29(18)35(3,31)32/h4-7,14H,8-13H2,1-3H3,(H,23,25,26). The first-order valence-corrected chi connectivity index (χ1v) is 13.9. The molecule has 5 heterocycles. The van der Waals surface area contributed by atoms with Crippen LogP contribution < -0.4 is 5.32 Å². The van der Waals surface area contributed by atoms with Gasteiger partial charge in [0.1, 0.15) is 5.82 Å². The number of aromatic nitrogens is 4. The molecule has 1 N–H and O–H groups in total. The van der Waals surface area contributed by atoms with Crippen LogP contribution in [0, 0.1) is 0 Å². The first-order valence-electron chi connectivity index (χ1n) is 11.3. The molecule has 0 aliphatic carbocycles. The Kier molecular flexibility index (Phi) is 6.11. The van der Waals surface area contributed by atoms with Gasteiger partial charge in [-0.15, -0.1) is 15.4 Å². The van der Waals surface area contributed by atoms with Gasteiger partial charge in [0.15, 0.2) is 0 Å². The molecule has 1 amide bonds. The van der Waals surface area contributed by atoms with Crippen molar-refractivity contribution in [3.63, 3.8) is 0 Å². The van der Waals surface area contributed by atoms with Gasteiger partial charge in [0.05, 0.1) is 47.3 Å². The topological polar surface area (TPSA) is 123 Å². The predicted octanol–water partition coefficient (Wildman–Crippen LogP) is 1.98. The molecule has 0 saturated carbocycles. The van der Waals surface area contributed by atoms with E-state index in [0.717, 1.165) is 52.9 Å². The Labute approximate surface area is 207 Å². The molecule has 0 spiro atoms. The third-order valence-corrected chi connectivity index (χ3v) is 8.64. The summed E-state index contributed by atoms with van der Waals surface area (Å²) in [5.41, 5.74) is 0.939. The van der Waals surface area contributed by atoms with E-state index in [1.54, 1.807) is 23.6 Å². The van der Waals surface area contributed by atoms with E-state index >= 15 is 0 Å². The highest BCUT2D eigenvalue weighted by Crippen LogP contribution is 2.45. The van der Waals surface area contributed by atoms with E-state index < -0.39 is 15.6 Å². The number of carbonyl (C=O) groups is 1. The molecule has 0 unspecified atom stereocenters. The molecule has 13 heteroatoms. The van der Waals surface area contributed by atoms with Crippen LogP contribution in [-0.4, -0.2) is 88.9 Å². The molecule has 5 rings (SSSR count). The van der Waals surface area contributed by atoms with Gasteiger partial charge in [0, 0.05) is 43.3 Å². The van der Waals surface area contributed by atoms with E-state index in [9.17, 15) is 13.2 Å². The molecule has 1 saturated heterocycles. The molecule has 3 aromatic rings. The molecular weight excluding hydrogens is 490 g/mol. The lowest BCUT2D eigenvalue weighted by molar-refractivity contribution is 0.0263. The number of morpholine rings is 1. The molecule has 35 heavy (non-hydrogen) atoms. The summed E-state index contributed by atoms with van der Waals surface area (Å²) in [7, 11) is -3.57. The van der Waals surface area contributed by atoms with E-state index in [1.807, 2.05) is 11.0 Å². The van der Waals surface area contributed by atoms with Gasteiger partial charge in [0.25, 0.3) is 15.9 Å². The summed E-state index contributed by atoms with van der Waals surface area (Å²) in [6, 6.07) is 5.20. The summed E-state index contributed by atoms with van der Waals surface area (Å²) in [5, 5.41) is 6.75. The lowest BCUT2D eigenvalue weighted by Crippen LogP contribution is -2.46. The van der Waals surface area contributed by atoms with Crippen LogP contribution in [0.15, 0.2) is 30.6 Å². The van der Waals surface area contributed by atoms with Crippen molar-refractivity contribution in [1.82, 2.24) is 29.0 Å². The third-order valence-electron chi connectivity index (χ3n) is 6.25. The van der Waals surface area contributed by atoms with Gasteiger partial charge in [-0.2, -0.15) is 5.10 Å². The largest absolute Gasteiger partial charge is 0.379 e. The van der Waals surface area contributed by atoms with E-state index in [0.29, 0.717) is 17.8 Å². The number of hydrogen-bond donors (Lipinski definition) is 1. The van der Waals surface area contributed by atoms with Crippen molar-refractivity contribution in [3.8, 4) is 10.6 Å². The Balaban J connectivity index is 1.35. The minimum absolute atomic E-state index is 0.0326. The molecule has 0 aromatic carbocycles. The van der Waals surface area contributed by atoms with E-state index in [1.165, 1.54) is 12.3 Å². The fourth-order valence-corrected chi connectivity index (χ4v) is 6.34. The van der Waals surface area contributed by atoms with Crippen molar-refractivity contribution in [2.75, 3.05) is 51.0 Å². The maximum Gasteiger partial charge on any atom is 0.255 e. The number of fused-ring (bicyclic) bond motifs is 1. The summed E-state index contributed by atoms with van der Waals surface area (Å²) < 4.78 is 30.1. The fraction of sp³-hybridized carbons (Fsp3) is 0.455. The number of nitrogens with zero attached hydrogens (tertiary/aromatic N) is 6. The van der Waals surface area contributed by atoms with Crippen LogP contribution >= 0.6 is 11.3 Å². The zero-order valence-corrected chi connectivity index (χ0v) is 21.4. The molecule has 186 valence electrons. The van der Waals surface area contributed by atoms with Gasteiger partial charge in [-0.3, -0.25) is 9.69 Å². The van der Waals surface area contributed by atoms with Crippen molar-refractivity contribution in [3.05, 3.63) is 41.0 Å². The zero-order chi connectivity index (χ0) is 24.8. The quantitative estimate of drug-likeness (QED) is 0.501. The number of amides is 1. The van der Waals surface area contributed by atoms with Crippen LogP contribution in [0.1, 0.15) is 29.1 Å². The summed E-state index contributed by atoms with van der Waals surface area (Å²) in [6.45, 7) is 8.91. The SMILES string of the molecule is CC1(C)c2sc(-c3ccnc(Nc4ccnn4S(C)(=O)=O)n3)cc2C(=O)N1CCN1CCOCC1. The van der Waals surface area contributed by atoms with Gasteiger partial charge in [-0.25, -0.2) is 18.4 Å². The number of thiophene rings is 1. The van der Waals surface area contributed by atoms with Gasteiger partial charge in [0.2, 0.25) is 5.95 Å². The average molecular weight is 518 g/mol. The maximum atomic E-state index is 13.3. The molecule has 3 aromatic heterocycles. The molecule has 0 atom stereocenters. The second-order valence-corrected chi connectivity index (χ2v) is 11.9. The molecule has 0 bridgehead atoms. The van der Waals surface area contributed by atoms with Crippen molar-refractivity contribution in [2.45, 2.75) is 19.4 Å². The minimum atomic E-state index is -3.57. The highest BCUT2D eigenvalue weighted by Gasteiger charge is 2.44. The van der Waals surface area contributed by atoms with Crippen LogP contribution in [0.5, 0.6) is 0 Å². The molecule has 11 nitrogen and oxygen atoms in total. The second-order valence-electron chi connectivity index (χ2n) is 9.04. The Morgan fingerprint density at radius 1 is 1.17 bits per heavy atom. The summed E-state index contributed by atoms with van der Waals surface area (Å²) in [5.74, 6) is 0.509. The fourth-order valence-electron chi connectivity index (χ4n) is 4.41. The average Bonchev–Trinajstić information content (AvgIpc) is 3.51. The Hall–Kier alpha value is -2.87. The van der Waals surface area contributed by atoms with Crippen LogP contribution in [0.4, 0.5) is 11.8 Å².